The highest BCUT2D eigenvalue weighted by Crippen LogP contribution is 2.26. The Morgan fingerprint density at radius 1 is 1.07 bits per heavy atom. The molecule has 1 saturated heterocycles. The van der Waals surface area contributed by atoms with Gasteiger partial charge in [0.05, 0.1) is 19.2 Å². The Morgan fingerprint density at radius 2 is 1.82 bits per heavy atom. The highest BCUT2D eigenvalue weighted by molar-refractivity contribution is 5.94. The molecule has 28 heavy (non-hydrogen) atoms. The van der Waals surface area contributed by atoms with Crippen LogP contribution in [-0.2, 0) is 9.47 Å². The highest BCUT2D eigenvalue weighted by Gasteiger charge is 2.32. The average molecular weight is 377 g/mol. The molecule has 0 aromatic heterocycles. The van der Waals surface area contributed by atoms with Crippen LogP contribution in [0.15, 0.2) is 66.7 Å². The lowest BCUT2D eigenvalue weighted by Crippen LogP contribution is -2.26. The molecule has 0 radical (unpaired) electrons. The molecule has 1 aliphatic rings. The molecule has 1 heterocycles. The van der Waals surface area contributed by atoms with Gasteiger partial charge in [-0.1, -0.05) is 30.3 Å². The van der Waals surface area contributed by atoms with E-state index in [0.717, 1.165) is 16.5 Å². The molecule has 0 saturated carbocycles. The van der Waals surface area contributed by atoms with Crippen LogP contribution >= 0.6 is 0 Å². The van der Waals surface area contributed by atoms with Crippen LogP contribution in [0.2, 0.25) is 0 Å². The maximum Gasteiger partial charge on any atom is 0.414 e. The van der Waals surface area contributed by atoms with Gasteiger partial charge in [0.2, 0.25) is 0 Å². The number of fused-ring (bicyclic) bond motifs is 1. The molecule has 0 N–H and O–H groups in total. The van der Waals surface area contributed by atoms with Crippen molar-refractivity contribution in [2.24, 2.45) is 0 Å². The lowest BCUT2D eigenvalue weighted by atomic mass is 10.1. The smallest absolute Gasteiger partial charge is 0.414 e. The van der Waals surface area contributed by atoms with Crippen molar-refractivity contribution in [3.8, 4) is 5.75 Å². The van der Waals surface area contributed by atoms with Gasteiger partial charge in [-0.05, 0) is 47.2 Å². The zero-order valence-electron chi connectivity index (χ0n) is 15.3. The third kappa shape index (κ3) is 3.62. The van der Waals surface area contributed by atoms with Crippen LogP contribution in [0.3, 0.4) is 0 Å². The maximum absolute atomic E-state index is 12.3. The number of cyclic esters (lactones) is 1. The van der Waals surface area contributed by atoms with Crippen molar-refractivity contribution in [3.63, 3.8) is 0 Å². The number of esters is 1. The van der Waals surface area contributed by atoms with Crippen molar-refractivity contribution in [1.82, 2.24) is 0 Å². The fraction of sp³-hybridized carbons (Fsp3) is 0.182. The summed E-state index contributed by atoms with van der Waals surface area (Å²) in [6.45, 7) is 0.644. The first-order chi connectivity index (χ1) is 13.6. The Hall–Kier alpha value is -3.54. The van der Waals surface area contributed by atoms with Crippen molar-refractivity contribution in [2.75, 3.05) is 25.2 Å². The number of nitrogens with zero attached hydrogens (tertiary/aromatic N) is 1. The Balaban J connectivity index is 1.39. The van der Waals surface area contributed by atoms with Gasteiger partial charge in [0.1, 0.15) is 12.4 Å². The minimum atomic E-state index is -0.401. The van der Waals surface area contributed by atoms with Gasteiger partial charge in [-0.2, -0.15) is 0 Å². The number of amides is 1. The predicted octanol–water partition coefficient (Wildman–Crippen LogP) is 4.03. The summed E-state index contributed by atoms with van der Waals surface area (Å²) >= 11 is 0. The fourth-order valence-corrected chi connectivity index (χ4v) is 3.16. The number of anilines is 1. The topological polar surface area (TPSA) is 65.1 Å². The molecule has 0 bridgehead atoms. The van der Waals surface area contributed by atoms with Crippen molar-refractivity contribution in [1.29, 1.82) is 0 Å². The van der Waals surface area contributed by atoms with Gasteiger partial charge in [0, 0.05) is 5.69 Å². The molecule has 3 aromatic rings. The molecule has 0 aliphatic carbocycles. The summed E-state index contributed by atoms with van der Waals surface area (Å²) in [5, 5.41) is 2.19. The quantitative estimate of drug-likeness (QED) is 0.628. The molecule has 142 valence electrons. The van der Waals surface area contributed by atoms with Crippen molar-refractivity contribution in [3.05, 3.63) is 72.3 Å². The van der Waals surface area contributed by atoms with E-state index in [2.05, 4.69) is 4.74 Å². The predicted molar refractivity (Wildman–Crippen MR) is 105 cm³/mol. The standard InChI is InChI=1S/C22H19NO5/c1-26-21(24)16-7-10-19(11-8-16)27-14-20-13-23(22(25)28-20)18-9-6-15-4-2-3-5-17(15)12-18/h2-12,20H,13-14H2,1H3. The molecule has 6 nitrogen and oxygen atoms in total. The maximum atomic E-state index is 12.3. The van der Waals surface area contributed by atoms with Gasteiger partial charge >= 0.3 is 12.1 Å². The number of benzene rings is 3. The monoisotopic (exact) mass is 377 g/mol. The number of carbonyl (C=O) groups excluding carboxylic acids is 2. The van der Waals surface area contributed by atoms with Gasteiger partial charge in [0.25, 0.3) is 0 Å². The van der Waals surface area contributed by atoms with E-state index in [4.69, 9.17) is 9.47 Å². The summed E-state index contributed by atoms with van der Waals surface area (Å²) in [6, 6.07) is 20.5. The summed E-state index contributed by atoms with van der Waals surface area (Å²) in [6.07, 6.45) is -0.760. The summed E-state index contributed by atoms with van der Waals surface area (Å²) in [7, 11) is 1.34. The molecule has 3 aromatic carbocycles. The zero-order chi connectivity index (χ0) is 19.5. The van der Waals surface area contributed by atoms with Gasteiger partial charge < -0.3 is 14.2 Å². The second-order valence-corrected chi connectivity index (χ2v) is 6.47. The van der Waals surface area contributed by atoms with E-state index in [-0.39, 0.29) is 18.8 Å². The number of rotatable bonds is 5. The third-order valence-electron chi connectivity index (χ3n) is 4.63. The Morgan fingerprint density at radius 3 is 2.57 bits per heavy atom. The van der Waals surface area contributed by atoms with E-state index >= 15 is 0 Å². The number of ether oxygens (including phenoxy) is 3. The highest BCUT2D eigenvalue weighted by atomic mass is 16.6. The van der Waals surface area contributed by atoms with Crippen LogP contribution < -0.4 is 9.64 Å². The SMILES string of the molecule is COC(=O)c1ccc(OCC2CN(c3ccc4ccccc4c3)C(=O)O2)cc1. The van der Waals surface area contributed by atoms with Crippen LogP contribution in [-0.4, -0.2) is 38.4 Å². The molecule has 1 aliphatic heterocycles. The van der Waals surface area contributed by atoms with Gasteiger partial charge in [-0.3, -0.25) is 4.90 Å². The fourth-order valence-electron chi connectivity index (χ4n) is 3.16. The second-order valence-electron chi connectivity index (χ2n) is 6.47. The molecular weight excluding hydrogens is 358 g/mol. The lowest BCUT2D eigenvalue weighted by molar-refractivity contribution is 0.0600. The van der Waals surface area contributed by atoms with Gasteiger partial charge in [-0.15, -0.1) is 0 Å². The molecule has 1 amide bonds. The Kier molecular flexibility index (Phi) is 4.85. The zero-order valence-corrected chi connectivity index (χ0v) is 15.3. The van der Waals surface area contributed by atoms with Crippen LogP contribution in [0.1, 0.15) is 10.4 Å². The van der Waals surface area contributed by atoms with E-state index in [0.29, 0.717) is 17.9 Å². The first-order valence-electron chi connectivity index (χ1n) is 8.92. The molecule has 4 rings (SSSR count). The summed E-state index contributed by atoms with van der Waals surface area (Å²) < 4.78 is 15.8. The van der Waals surface area contributed by atoms with E-state index in [1.807, 2.05) is 42.5 Å². The first-order valence-corrected chi connectivity index (χ1v) is 8.92. The number of hydrogen-bond acceptors (Lipinski definition) is 5. The number of hydrogen-bond donors (Lipinski definition) is 0. The molecule has 1 atom stereocenters. The largest absolute Gasteiger partial charge is 0.490 e. The van der Waals surface area contributed by atoms with Gasteiger partial charge in [-0.25, -0.2) is 9.59 Å². The van der Waals surface area contributed by atoms with E-state index in [1.165, 1.54) is 7.11 Å². The van der Waals surface area contributed by atoms with Crippen LogP contribution in [0.25, 0.3) is 10.8 Å². The Labute approximate surface area is 162 Å². The van der Waals surface area contributed by atoms with Crippen molar-refractivity contribution < 1.29 is 23.8 Å². The minimum Gasteiger partial charge on any atom is -0.490 e. The molecule has 0 spiro atoms. The Bertz CT molecular complexity index is 1010. The molecule has 1 unspecified atom stereocenters. The molecule has 1 fully saturated rings. The average Bonchev–Trinajstić information content (AvgIpc) is 3.12. The number of carbonyl (C=O) groups is 2. The van der Waals surface area contributed by atoms with E-state index < -0.39 is 5.97 Å². The normalized spacial score (nSPS) is 16.1. The second kappa shape index (κ2) is 7.60. The van der Waals surface area contributed by atoms with Crippen LogP contribution in [0, 0.1) is 0 Å². The summed E-state index contributed by atoms with van der Waals surface area (Å²) in [5.74, 6) is 0.190. The minimum absolute atomic E-state index is 0.230. The number of methoxy groups -OCH3 is 1. The van der Waals surface area contributed by atoms with Crippen LogP contribution in [0.4, 0.5) is 10.5 Å². The van der Waals surface area contributed by atoms with Gasteiger partial charge in [0.15, 0.2) is 6.10 Å². The van der Waals surface area contributed by atoms with Crippen molar-refractivity contribution >= 4 is 28.5 Å². The first kappa shape index (κ1) is 17.9. The van der Waals surface area contributed by atoms with Crippen LogP contribution in [0.5, 0.6) is 5.75 Å². The van der Waals surface area contributed by atoms with Crippen molar-refractivity contribution in [2.45, 2.75) is 6.10 Å². The summed E-state index contributed by atoms with van der Waals surface area (Å²) in [5.41, 5.74) is 1.25. The molecule has 6 heteroatoms. The third-order valence-corrected chi connectivity index (χ3v) is 4.63. The van der Waals surface area contributed by atoms with E-state index in [9.17, 15) is 9.59 Å². The summed E-state index contributed by atoms with van der Waals surface area (Å²) in [4.78, 5) is 25.3. The lowest BCUT2D eigenvalue weighted by Gasteiger charge is -2.14. The van der Waals surface area contributed by atoms with E-state index in [1.54, 1.807) is 29.2 Å². The molecular formula is C22H19NO5.